The van der Waals surface area contributed by atoms with E-state index in [2.05, 4.69) is 17.0 Å². The Hall–Kier alpha value is -0.850. The molecule has 0 aliphatic heterocycles. The molecule has 6 heteroatoms. The van der Waals surface area contributed by atoms with Gasteiger partial charge in [-0.3, -0.25) is 0 Å². The van der Waals surface area contributed by atoms with E-state index < -0.39 is 10.0 Å². The molecule has 1 heterocycles. The molecule has 2 rings (SSSR count). The van der Waals surface area contributed by atoms with Gasteiger partial charge in [-0.05, 0) is 50.4 Å². The van der Waals surface area contributed by atoms with Crippen molar-refractivity contribution < 1.29 is 12.8 Å². The highest BCUT2D eigenvalue weighted by Crippen LogP contribution is 2.30. The second-order valence-electron chi connectivity index (χ2n) is 5.85. The minimum absolute atomic E-state index is 0.0229. The van der Waals surface area contributed by atoms with Gasteiger partial charge in [0.1, 0.15) is 5.76 Å². The molecule has 1 aliphatic carbocycles. The molecule has 21 heavy (non-hydrogen) atoms. The van der Waals surface area contributed by atoms with Gasteiger partial charge in [0, 0.05) is 0 Å². The Labute approximate surface area is 127 Å². The van der Waals surface area contributed by atoms with Crippen LogP contribution in [0.1, 0.15) is 44.8 Å². The molecule has 1 aromatic rings. The van der Waals surface area contributed by atoms with Gasteiger partial charge in [0.25, 0.3) is 10.0 Å². The van der Waals surface area contributed by atoms with E-state index in [1.807, 2.05) is 0 Å². The highest BCUT2D eigenvalue weighted by Gasteiger charge is 2.20. The number of rotatable bonds is 7. The largest absolute Gasteiger partial charge is 0.447 e. The maximum Gasteiger partial charge on any atom is 0.273 e. The zero-order chi connectivity index (χ0) is 15.3. The molecule has 0 amide bonds. The van der Waals surface area contributed by atoms with E-state index in [1.165, 1.54) is 45.2 Å². The van der Waals surface area contributed by atoms with E-state index >= 15 is 0 Å². The molecule has 5 nitrogen and oxygen atoms in total. The van der Waals surface area contributed by atoms with Crippen molar-refractivity contribution in [3.8, 4) is 0 Å². The summed E-state index contributed by atoms with van der Waals surface area (Å²) in [7, 11) is -2.10. The lowest BCUT2D eigenvalue weighted by molar-refractivity contribution is 0.260. The molecule has 1 aliphatic rings. The van der Waals surface area contributed by atoms with Gasteiger partial charge >= 0.3 is 0 Å². The van der Waals surface area contributed by atoms with Crippen molar-refractivity contribution in [1.82, 2.24) is 10.0 Å². The summed E-state index contributed by atoms with van der Waals surface area (Å²) in [5.41, 5.74) is 0. The lowest BCUT2D eigenvalue weighted by Crippen LogP contribution is -2.26. The van der Waals surface area contributed by atoms with Crippen molar-refractivity contribution in [1.29, 1.82) is 0 Å². The summed E-state index contributed by atoms with van der Waals surface area (Å²) in [5.74, 6) is 2.31. The van der Waals surface area contributed by atoms with Crippen molar-refractivity contribution in [3.63, 3.8) is 0 Å². The monoisotopic (exact) mass is 314 g/mol. The Morgan fingerprint density at radius 1 is 1.19 bits per heavy atom. The van der Waals surface area contributed by atoms with Crippen LogP contribution in [0.15, 0.2) is 21.6 Å². The molecule has 1 saturated carbocycles. The van der Waals surface area contributed by atoms with Crippen molar-refractivity contribution >= 4 is 10.0 Å². The predicted octanol–water partition coefficient (Wildman–Crippen LogP) is 2.49. The average Bonchev–Trinajstić information content (AvgIpc) is 2.98. The predicted molar refractivity (Wildman–Crippen MR) is 82.4 cm³/mol. The number of hydrogen-bond acceptors (Lipinski definition) is 4. The van der Waals surface area contributed by atoms with E-state index in [1.54, 1.807) is 6.07 Å². The third-order valence-electron chi connectivity index (χ3n) is 4.45. The van der Waals surface area contributed by atoms with Crippen molar-refractivity contribution in [3.05, 3.63) is 17.9 Å². The lowest BCUT2D eigenvalue weighted by Gasteiger charge is -2.27. The van der Waals surface area contributed by atoms with Crippen molar-refractivity contribution in [2.75, 3.05) is 13.6 Å². The molecule has 0 aromatic carbocycles. The van der Waals surface area contributed by atoms with Crippen LogP contribution in [0.25, 0.3) is 0 Å². The minimum Gasteiger partial charge on any atom is -0.447 e. The Morgan fingerprint density at radius 2 is 1.86 bits per heavy atom. The molecule has 0 radical (unpaired) electrons. The molecule has 0 saturated heterocycles. The van der Waals surface area contributed by atoms with Gasteiger partial charge in [0.15, 0.2) is 0 Å². The van der Waals surface area contributed by atoms with Crippen LogP contribution in [0, 0.1) is 11.8 Å². The van der Waals surface area contributed by atoms with Crippen LogP contribution in [0.3, 0.4) is 0 Å². The zero-order valence-corrected chi connectivity index (χ0v) is 13.7. The Balaban J connectivity index is 1.75. The van der Waals surface area contributed by atoms with Crippen LogP contribution < -0.4 is 10.0 Å². The van der Waals surface area contributed by atoms with Gasteiger partial charge in [-0.25, -0.2) is 13.1 Å². The maximum absolute atomic E-state index is 11.6. The van der Waals surface area contributed by atoms with Crippen molar-refractivity contribution in [2.24, 2.45) is 11.8 Å². The molecule has 1 fully saturated rings. The Kier molecular flexibility index (Phi) is 5.84. The summed E-state index contributed by atoms with van der Waals surface area (Å²) in [6.07, 6.45) is 6.57. The van der Waals surface area contributed by atoms with Gasteiger partial charge in [0.05, 0.1) is 6.54 Å². The normalized spacial score (nSPS) is 23.3. The average molecular weight is 314 g/mol. The summed E-state index contributed by atoms with van der Waals surface area (Å²) in [6.45, 7) is 3.83. The quantitative estimate of drug-likeness (QED) is 0.811. The van der Waals surface area contributed by atoms with E-state index in [0.29, 0.717) is 12.3 Å². The van der Waals surface area contributed by atoms with Crippen LogP contribution in [0.2, 0.25) is 0 Å². The first-order valence-corrected chi connectivity index (χ1v) is 9.26. The molecule has 2 N–H and O–H groups in total. The highest BCUT2D eigenvalue weighted by atomic mass is 32.2. The van der Waals surface area contributed by atoms with E-state index in [4.69, 9.17) is 4.42 Å². The third kappa shape index (κ3) is 4.56. The molecule has 1 aromatic heterocycles. The number of sulfonamides is 1. The molecular formula is C15H26N2O3S. The third-order valence-corrected chi connectivity index (χ3v) is 5.73. The second kappa shape index (κ2) is 7.42. The first-order chi connectivity index (χ1) is 10.0. The molecule has 0 bridgehead atoms. The van der Waals surface area contributed by atoms with E-state index in [-0.39, 0.29) is 5.09 Å². The summed E-state index contributed by atoms with van der Waals surface area (Å²) >= 11 is 0. The van der Waals surface area contributed by atoms with Crippen LogP contribution >= 0.6 is 0 Å². The van der Waals surface area contributed by atoms with Gasteiger partial charge in [-0.15, -0.1) is 0 Å². The topological polar surface area (TPSA) is 71.3 Å². The summed E-state index contributed by atoms with van der Waals surface area (Å²) in [4.78, 5) is 0. The standard InChI is InChI=1S/C15H26N2O3S/c1-3-12-4-6-13(7-5-12)10-17-11-14-8-9-15(20-14)21(18,19)16-2/h8-9,12-13,16-17H,3-7,10-11H2,1-2H3. The van der Waals surface area contributed by atoms with Gasteiger partial charge in [-0.2, -0.15) is 0 Å². The maximum atomic E-state index is 11.6. The van der Waals surface area contributed by atoms with Crippen molar-refractivity contribution in [2.45, 2.75) is 50.7 Å². The van der Waals surface area contributed by atoms with E-state index in [9.17, 15) is 8.42 Å². The fraction of sp³-hybridized carbons (Fsp3) is 0.733. The van der Waals surface area contributed by atoms with Gasteiger partial charge in [-0.1, -0.05) is 26.2 Å². The van der Waals surface area contributed by atoms with Crippen LogP contribution in [-0.2, 0) is 16.6 Å². The van der Waals surface area contributed by atoms with Crippen LogP contribution in [0.5, 0.6) is 0 Å². The molecule has 0 unspecified atom stereocenters. The molecule has 0 spiro atoms. The molecule has 0 atom stereocenters. The minimum atomic E-state index is -3.48. The van der Waals surface area contributed by atoms with Crippen LogP contribution in [-0.4, -0.2) is 22.0 Å². The fourth-order valence-corrected chi connectivity index (χ4v) is 3.61. The highest BCUT2D eigenvalue weighted by molar-refractivity contribution is 7.89. The first kappa shape index (κ1) is 16.5. The number of hydrogen-bond donors (Lipinski definition) is 2. The Morgan fingerprint density at radius 3 is 2.48 bits per heavy atom. The second-order valence-corrected chi connectivity index (χ2v) is 7.67. The fourth-order valence-electron chi connectivity index (χ4n) is 2.94. The smallest absolute Gasteiger partial charge is 0.273 e. The number of nitrogens with one attached hydrogen (secondary N) is 2. The first-order valence-electron chi connectivity index (χ1n) is 7.78. The number of furan rings is 1. The summed E-state index contributed by atoms with van der Waals surface area (Å²) in [5, 5.41) is 3.36. The molecular weight excluding hydrogens is 288 g/mol. The van der Waals surface area contributed by atoms with Gasteiger partial charge in [0.2, 0.25) is 5.09 Å². The van der Waals surface area contributed by atoms with E-state index in [0.717, 1.165) is 18.4 Å². The lowest BCUT2D eigenvalue weighted by atomic mass is 9.81. The molecule has 120 valence electrons. The van der Waals surface area contributed by atoms with Gasteiger partial charge < -0.3 is 9.73 Å². The summed E-state index contributed by atoms with van der Waals surface area (Å²) in [6, 6.07) is 3.21. The summed E-state index contributed by atoms with van der Waals surface area (Å²) < 4.78 is 30.7. The zero-order valence-electron chi connectivity index (χ0n) is 12.9. The Bertz CT molecular complexity index is 531. The van der Waals surface area contributed by atoms with Crippen LogP contribution in [0.4, 0.5) is 0 Å². The SMILES string of the molecule is CCC1CCC(CNCc2ccc(S(=O)(=O)NC)o2)CC1.